The van der Waals surface area contributed by atoms with E-state index in [0.29, 0.717) is 5.56 Å². The Morgan fingerprint density at radius 1 is 1.30 bits per heavy atom. The van der Waals surface area contributed by atoms with Crippen molar-refractivity contribution in [1.82, 2.24) is 5.32 Å². The SMILES string of the molecule is C#CC[C@@H](NC(=O)[C@@H](OC)c1ccccc1)C(=O)OC. The van der Waals surface area contributed by atoms with Crippen LogP contribution in [0.2, 0.25) is 0 Å². The van der Waals surface area contributed by atoms with Gasteiger partial charge in [0.05, 0.1) is 7.11 Å². The maximum atomic E-state index is 12.2. The van der Waals surface area contributed by atoms with Crippen molar-refractivity contribution in [3.8, 4) is 12.3 Å². The van der Waals surface area contributed by atoms with Crippen molar-refractivity contribution in [2.24, 2.45) is 0 Å². The van der Waals surface area contributed by atoms with E-state index in [1.165, 1.54) is 14.2 Å². The Balaban J connectivity index is 2.81. The molecule has 0 fully saturated rings. The number of hydrogen-bond donors (Lipinski definition) is 1. The number of benzene rings is 1. The van der Waals surface area contributed by atoms with Crippen LogP contribution in [0.25, 0.3) is 0 Å². The van der Waals surface area contributed by atoms with Crippen LogP contribution in [0.5, 0.6) is 0 Å². The Morgan fingerprint density at radius 3 is 2.45 bits per heavy atom. The first-order chi connectivity index (χ1) is 9.63. The molecule has 0 saturated carbocycles. The third kappa shape index (κ3) is 4.11. The molecule has 0 radical (unpaired) electrons. The first kappa shape index (κ1) is 15.7. The van der Waals surface area contributed by atoms with Gasteiger partial charge in [-0.2, -0.15) is 0 Å². The largest absolute Gasteiger partial charge is 0.467 e. The minimum absolute atomic E-state index is 0.0592. The van der Waals surface area contributed by atoms with Crippen LogP contribution in [0.15, 0.2) is 30.3 Å². The van der Waals surface area contributed by atoms with E-state index in [1.54, 1.807) is 24.3 Å². The summed E-state index contributed by atoms with van der Waals surface area (Å²) < 4.78 is 9.77. The summed E-state index contributed by atoms with van der Waals surface area (Å²) in [5.74, 6) is 1.30. The molecule has 0 aromatic heterocycles. The van der Waals surface area contributed by atoms with Crippen LogP contribution in [0, 0.1) is 12.3 Å². The van der Waals surface area contributed by atoms with E-state index < -0.39 is 24.0 Å². The summed E-state index contributed by atoms with van der Waals surface area (Å²) in [6.07, 6.45) is 4.43. The number of amides is 1. The van der Waals surface area contributed by atoms with Crippen LogP contribution >= 0.6 is 0 Å². The second-order valence-corrected chi connectivity index (χ2v) is 4.02. The number of methoxy groups -OCH3 is 2. The highest BCUT2D eigenvalue weighted by molar-refractivity contribution is 5.87. The standard InChI is InChI=1S/C15H17NO4/c1-4-8-12(15(18)20-3)16-14(17)13(19-2)11-9-6-5-7-10-11/h1,5-7,9-10,12-13H,8H2,2-3H3,(H,16,17)/t12-,13+/m1/s1. The number of terminal acetylenes is 1. The molecule has 1 amide bonds. The molecule has 2 atom stereocenters. The van der Waals surface area contributed by atoms with Gasteiger partial charge in [0.25, 0.3) is 5.91 Å². The maximum absolute atomic E-state index is 12.2. The first-order valence-electron chi connectivity index (χ1n) is 6.03. The fourth-order valence-electron chi connectivity index (χ4n) is 1.72. The van der Waals surface area contributed by atoms with Gasteiger partial charge in [-0.3, -0.25) is 4.79 Å². The van der Waals surface area contributed by atoms with Gasteiger partial charge < -0.3 is 14.8 Å². The number of hydrogen-bond acceptors (Lipinski definition) is 4. The Morgan fingerprint density at radius 2 is 1.95 bits per heavy atom. The summed E-state index contributed by atoms with van der Waals surface area (Å²) in [6, 6.07) is 8.09. The molecule has 0 aliphatic rings. The van der Waals surface area contributed by atoms with E-state index in [4.69, 9.17) is 11.2 Å². The van der Waals surface area contributed by atoms with Gasteiger partial charge in [0, 0.05) is 13.5 Å². The predicted molar refractivity (Wildman–Crippen MR) is 73.6 cm³/mol. The van der Waals surface area contributed by atoms with Gasteiger partial charge in [-0.05, 0) is 5.56 Å². The molecule has 5 heteroatoms. The summed E-state index contributed by atoms with van der Waals surface area (Å²) in [7, 11) is 2.66. The molecule has 0 saturated heterocycles. The molecule has 0 spiro atoms. The summed E-state index contributed by atoms with van der Waals surface area (Å²) in [5, 5.41) is 2.54. The van der Waals surface area contributed by atoms with E-state index in [1.807, 2.05) is 6.07 Å². The van der Waals surface area contributed by atoms with Crippen molar-refractivity contribution >= 4 is 11.9 Å². The zero-order valence-electron chi connectivity index (χ0n) is 11.5. The lowest BCUT2D eigenvalue weighted by Crippen LogP contribution is -2.43. The Labute approximate surface area is 118 Å². The molecule has 0 aliphatic heterocycles. The molecular formula is C15H17NO4. The molecule has 1 N–H and O–H groups in total. The van der Waals surface area contributed by atoms with Gasteiger partial charge in [0.15, 0.2) is 6.10 Å². The average molecular weight is 275 g/mol. The highest BCUT2D eigenvalue weighted by atomic mass is 16.5. The summed E-state index contributed by atoms with van der Waals surface area (Å²) in [4.78, 5) is 23.7. The van der Waals surface area contributed by atoms with Crippen molar-refractivity contribution in [2.45, 2.75) is 18.6 Å². The van der Waals surface area contributed by atoms with E-state index in [9.17, 15) is 9.59 Å². The van der Waals surface area contributed by atoms with Crippen molar-refractivity contribution in [2.75, 3.05) is 14.2 Å². The van der Waals surface area contributed by atoms with Gasteiger partial charge in [-0.1, -0.05) is 30.3 Å². The minimum Gasteiger partial charge on any atom is -0.467 e. The van der Waals surface area contributed by atoms with Crippen molar-refractivity contribution in [3.05, 3.63) is 35.9 Å². The highest BCUT2D eigenvalue weighted by Gasteiger charge is 2.26. The van der Waals surface area contributed by atoms with Crippen LogP contribution in [0.3, 0.4) is 0 Å². The lowest BCUT2D eigenvalue weighted by molar-refractivity contribution is -0.146. The zero-order chi connectivity index (χ0) is 15.0. The molecule has 20 heavy (non-hydrogen) atoms. The number of esters is 1. The minimum atomic E-state index is -0.876. The van der Waals surface area contributed by atoms with Crippen molar-refractivity contribution in [1.29, 1.82) is 0 Å². The van der Waals surface area contributed by atoms with Gasteiger partial charge in [-0.25, -0.2) is 4.79 Å². The average Bonchev–Trinajstić information content (AvgIpc) is 2.48. The molecule has 0 unspecified atom stereocenters. The quantitative estimate of drug-likeness (QED) is 0.622. The Kier molecular flexibility index (Phi) is 6.27. The van der Waals surface area contributed by atoms with Crippen LogP contribution in [-0.4, -0.2) is 32.1 Å². The second kappa shape index (κ2) is 7.97. The molecule has 0 heterocycles. The molecule has 0 aliphatic carbocycles. The monoisotopic (exact) mass is 275 g/mol. The molecule has 0 bridgehead atoms. The molecule has 1 aromatic rings. The van der Waals surface area contributed by atoms with Crippen molar-refractivity contribution in [3.63, 3.8) is 0 Å². The molecule has 5 nitrogen and oxygen atoms in total. The predicted octanol–water partition coefficient (Wildman–Crippen LogP) is 1.06. The van der Waals surface area contributed by atoms with E-state index >= 15 is 0 Å². The number of carbonyl (C=O) groups excluding carboxylic acids is 2. The number of nitrogens with one attached hydrogen (secondary N) is 1. The summed E-state index contributed by atoms with van der Waals surface area (Å²) in [5.41, 5.74) is 0.692. The topological polar surface area (TPSA) is 64.6 Å². The normalized spacial score (nSPS) is 12.8. The third-order valence-electron chi connectivity index (χ3n) is 2.70. The van der Waals surface area contributed by atoms with Crippen LogP contribution in [0.4, 0.5) is 0 Å². The molecule has 1 rings (SSSR count). The number of ether oxygens (including phenoxy) is 2. The number of carbonyl (C=O) groups is 2. The number of rotatable bonds is 6. The smallest absolute Gasteiger partial charge is 0.329 e. The lowest BCUT2D eigenvalue weighted by Gasteiger charge is -2.19. The maximum Gasteiger partial charge on any atom is 0.329 e. The van der Waals surface area contributed by atoms with E-state index in [-0.39, 0.29) is 6.42 Å². The highest BCUT2D eigenvalue weighted by Crippen LogP contribution is 2.16. The first-order valence-corrected chi connectivity index (χ1v) is 6.03. The van der Waals surface area contributed by atoms with Crippen LogP contribution in [0.1, 0.15) is 18.1 Å². The lowest BCUT2D eigenvalue weighted by atomic mass is 10.1. The van der Waals surface area contributed by atoms with Gasteiger partial charge in [0.1, 0.15) is 6.04 Å². The van der Waals surface area contributed by atoms with Gasteiger partial charge in [0.2, 0.25) is 0 Å². The fourth-order valence-corrected chi connectivity index (χ4v) is 1.72. The Hall–Kier alpha value is -2.32. The van der Waals surface area contributed by atoms with Crippen LogP contribution in [-0.2, 0) is 19.1 Å². The molecular weight excluding hydrogens is 258 g/mol. The van der Waals surface area contributed by atoms with Gasteiger partial charge in [-0.15, -0.1) is 12.3 Å². The van der Waals surface area contributed by atoms with Crippen molar-refractivity contribution < 1.29 is 19.1 Å². The van der Waals surface area contributed by atoms with E-state index in [0.717, 1.165) is 0 Å². The summed E-state index contributed by atoms with van der Waals surface area (Å²) >= 11 is 0. The van der Waals surface area contributed by atoms with E-state index in [2.05, 4.69) is 16.0 Å². The zero-order valence-corrected chi connectivity index (χ0v) is 11.5. The molecule has 106 valence electrons. The van der Waals surface area contributed by atoms with Gasteiger partial charge >= 0.3 is 5.97 Å². The second-order valence-electron chi connectivity index (χ2n) is 4.02. The third-order valence-corrected chi connectivity index (χ3v) is 2.70. The fraction of sp³-hybridized carbons (Fsp3) is 0.333. The Bertz CT molecular complexity index is 492. The molecule has 1 aromatic carbocycles. The van der Waals surface area contributed by atoms with Crippen LogP contribution < -0.4 is 5.32 Å². The summed E-state index contributed by atoms with van der Waals surface area (Å²) in [6.45, 7) is 0.